The summed E-state index contributed by atoms with van der Waals surface area (Å²) < 4.78 is 11.9. The molecular formula is C19H27NO2Si. The van der Waals surface area contributed by atoms with Crippen LogP contribution in [0.15, 0.2) is 30.3 Å². The van der Waals surface area contributed by atoms with E-state index >= 15 is 0 Å². The quantitative estimate of drug-likeness (QED) is 0.827. The molecule has 0 bridgehead atoms. The van der Waals surface area contributed by atoms with E-state index in [2.05, 4.69) is 58.9 Å². The van der Waals surface area contributed by atoms with Gasteiger partial charge in [0.25, 0.3) is 0 Å². The lowest BCUT2D eigenvalue weighted by atomic mass is 9.91. The summed E-state index contributed by atoms with van der Waals surface area (Å²) in [6.07, 6.45) is 0. The Morgan fingerprint density at radius 3 is 2.30 bits per heavy atom. The zero-order chi connectivity index (χ0) is 17.3. The summed E-state index contributed by atoms with van der Waals surface area (Å²) in [5, 5.41) is 2.46. The van der Waals surface area contributed by atoms with Crippen LogP contribution in [-0.4, -0.2) is 16.9 Å². The van der Waals surface area contributed by atoms with E-state index in [9.17, 15) is 0 Å². The third-order valence-corrected chi connectivity index (χ3v) is 4.94. The molecule has 0 aliphatic heterocycles. The first-order valence-electron chi connectivity index (χ1n) is 7.93. The highest BCUT2D eigenvalue weighted by Crippen LogP contribution is 2.39. The monoisotopic (exact) mass is 329 g/mol. The molecule has 0 unspecified atom stereocenters. The summed E-state index contributed by atoms with van der Waals surface area (Å²) in [5.74, 6) is 0.863. The van der Waals surface area contributed by atoms with Gasteiger partial charge in [-0.3, -0.25) is 0 Å². The van der Waals surface area contributed by atoms with Crippen molar-refractivity contribution < 1.29 is 9.16 Å². The van der Waals surface area contributed by atoms with Crippen LogP contribution in [-0.2, 0) is 16.6 Å². The van der Waals surface area contributed by atoms with E-state index in [-0.39, 0.29) is 5.04 Å². The highest BCUT2D eigenvalue weighted by Gasteiger charge is 2.30. The molecule has 3 nitrogen and oxygen atoms in total. The number of hydrogen-bond acceptors (Lipinski definition) is 3. The molecule has 0 atom stereocenters. The molecular weight excluding hydrogens is 302 g/mol. The fraction of sp³-hybridized carbons (Fsp3) is 0.474. The summed E-state index contributed by atoms with van der Waals surface area (Å²) in [5.41, 5.74) is 7.56. The van der Waals surface area contributed by atoms with Gasteiger partial charge >= 0.3 is 0 Å². The lowest BCUT2D eigenvalue weighted by molar-refractivity contribution is 0.108. The maximum Gasteiger partial charge on any atom is 0.236 e. The van der Waals surface area contributed by atoms with Crippen molar-refractivity contribution in [3.63, 3.8) is 0 Å². The second-order valence-corrected chi connectivity index (χ2v) is 9.28. The number of fused-ring (bicyclic) bond motifs is 1. The van der Waals surface area contributed by atoms with Crippen LogP contribution in [0.2, 0.25) is 5.04 Å². The van der Waals surface area contributed by atoms with Crippen LogP contribution in [0.25, 0.3) is 10.8 Å². The first kappa shape index (κ1) is 18.0. The van der Waals surface area contributed by atoms with Crippen LogP contribution < -0.4 is 10.5 Å². The zero-order valence-corrected chi connectivity index (χ0v) is 16.0. The molecule has 0 spiro atoms. The highest BCUT2D eigenvalue weighted by molar-refractivity contribution is 6.31. The number of nitrogens with two attached hydrogens (primary N) is 1. The topological polar surface area (TPSA) is 44.5 Å². The van der Waals surface area contributed by atoms with Gasteiger partial charge in [0.2, 0.25) is 9.76 Å². The first-order valence-corrected chi connectivity index (χ1v) is 8.84. The molecule has 0 saturated heterocycles. The minimum absolute atomic E-state index is 0.141. The predicted molar refractivity (Wildman–Crippen MR) is 98.0 cm³/mol. The average molecular weight is 330 g/mol. The smallest absolute Gasteiger partial charge is 0.236 e. The lowest BCUT2D eigenvalue weighted by Crippen LogP contribution is -2.28. The Balaban J connectivity index is 2.55. The van der Waals surface area contributed by atoms with Crippen molar-refractivity contribution in [2.75, 3.05) is 7.11 Å². The lowest BCUT2D eigenvalue weighted by Gasteiger charge is -2.32. The molecule has 2 N–H and O–H groups in total. The van der Waals surface area contributed by atoms with Gasteiger partial charge in [0, 0.05) is 12.1 Å². The maximum absolute atomic E-state index is 6.31. The Morgan fingerprint density at radius 1 is 1.04 bits per heavy atom. The molecule has 0 heterocycles. The van der Waals surface area contributed by atoms with Crippen LogP contribution in [0, 0.1) is 0 Å². The fourth-order valence-corrected chi connectivity index (χ4v) is 3.27. The Hall–Kier alpha value is -1.36. The van der Waals surface area contributed by atoms with E-state index in [1.54, 1.807) is 7.11 Å². The Labute approximate surface area is 142 Å². The minimum atomic E-state index is -0.430. The van der Waals surface area contributed by atoms with Gasteiger partial charge in [0.05, 0.1) is 12.7 Å². The van der Waals surface area contributed by atoms with Crippen molar-refractivity contribution in [1.29, 1.82) is 0 Å². The van der Waals surface area contributed by atoms with Gasteiger partial charge in [-0.1, -0.05) is 39.0 Å². The van der Waals surface area contributed by atoms with Crippen LogP contribution in [0.1, 0.15) is 45.7 Å². The van der Waals surface area contributed by atoms with Crippen molar-refractivity contribution in [1.82, 2.24) is 0 Å². The normalized spacial score (nSPS) is 12.7. The molecule has 124 valence electrons. The van der Waals surface area contributed by atoms with Gasteiger partial charge in [-0.15, -0.1) is 0 Å². The molecule has 0 saturated carbocycles. The first-order chi connectivity index (χ1) is 10.7. The molecule has 0 aliphatic rings. The summed E-state index contributed by atoms with van der Waals surface area (Å²) in [7, 11) is 2.12. The molecule has 2 aromatic carbocycles. The number of hydrogen-bond donors (Lipinski definition) is 1. The van der Waals surface area contributed by atoms with Gasteiger partial charge in [0.15, 0.2) is 0 Å². The van der Waals surface area contributed by atoms with Crippen molar-refractivity contribution in [2.24, 2.45) is 5.73 Å². The van der Waals surface area contributed by atoms with Gasteiger partial charge in [-0.25, -0.2) is 0 Å². The molecule has 0 amide bonds. The van der Waals surface area contributed by atoms with Crippen LogP contribution in [0.3, 0.4) is 0 Å². The maximum atomic E-state index is 6.31. The van der Waals surface area contributed by atoms with E-state index < -0.39 is 5.60 Å². The van der Waals surface area contributed by atoms with Crippen molar-refractivity contribution in [3.8, 4) is 5.75 Å². The second kappa shape index (κ2) is 6.63. The number of rotatable bonds is 5. The summed E-state index contributed by atoms with van der Waals surface area (Å²) in [4.78, 5) is 0. The molecule has 0 aromatic heterocycles. The molecule has 0 aliphatic carbocycles. The van der Waals surface area contributed by atoms with E-state index in [4.69, 9.17) is 14.9 Å². The molecule has 2 aromatic rings. The largest absolute Gasteiger partial charge is 0.496 e. The van der Waals surface area contributed by atoms with Crippen molar-refractivity contribution in [2.45, 2.75) is 51.8 Å². The molecule has 23 heavy (non-hydrogen) atoms. The number of methoxy groups -OCH3 is 1. The van der Waals surface area contributed by atoms with Crippen molar-refractivity contribution >= 4 is 20.5 Å². The SMILES string of the molecule is COc1ccc2cc(CN)ccc2c1C(C)(C)O[Si]C(C)(C)C. The second-order valence-electron chi connectivity index (χ2n) is 7.37. The molecule has 4 heteroatoms. The summed E-state index contributed by atoms with van der Waals surface area (Å²) in [6, 6.07) is 10.4. The van der Waals surface area contributed by atoms with Gasteiger partial charge in [-0.05, 0) is 47.4 Å². The van der Waals surface area contributed by atoms with Crippen LogP contribution in [0.4, 0.5) is 0 Å². The Morgan fingerprint density at radius 2 is 1.74 bits per heavy atom. The Kier molecular flexibility index (Phi) is 5.19. The van der Waals surface area contributed by atoms with E-state index in [0.29, 0.717) is 16.3 Å². The minimum Gasteiger partial charge on any atom is -0.496 e. The molecule has 0 fully saturated rings. The van der Waals surface area contributed by atoms with Gasteiger partial charge < -0.3 is 14.9 Å². The number of ether oxygens (including phenoxy) is 1. The predicted octanol–water partition coefficient (Wildman–Crippen LogP) is 4.40. The number of benzene rings is 2. The third-order valence-electron chi connectivity index (χ3n) is 3.72. The molecule has 2 rings (SSSR count). The van der Waals surface area contributed by atoms with E-state index in [1.165, 1.54) is 5.39 Å². The Bertz CT molecular complexity index is 690. The highest BCUT2D eigenvalue weighted by atomic mass is 28.2. The zero-order valence-electron chi connectivity index (χ0n) is 15.0. The third kappa shape index (κ3) is 4.13. The van der Waals surface area contributed by atoms with E-state index in [0.717, 1.165) is 22.3 Å². The van der Waals surface area contributed by atoms with Gasteiger partial charge in [-0.2, -0.15) is 0 Å². The summed E-state index contributed by atoms with van der Waals surface area (Å²) in [6.45, 7) is 11.3. The molecule has 2 radical (unpaired) electrons. The fourth-order valence-electron chi connectivity index (χ4n) is 2.61. The van der Waals surface area contributed by atoms with Crippen molar-refractivity contribution in [3.05, 3.63) is 41.5 Å². The standard InChI is InChI=1S/C19H27NO2Si/c1-18(2,3)23-22-19(4,5)17-15-9-7-13(12-20)11-14(15)8-10-16(17)21-6/h7-11H,12,20H2,1-6H3. The van der Waals surface area contributed by atoms with Crippen LogP contribution in [0.5, 0.6) is 5.75 Å². The summed E-state index contributed by atoms with van der Waals surface area (Å²) >= 11 is 0. The van der Waals surface area contributed by atoms with Gasteiger partial charge in [0.1, 0.15) is 5.75 Å². The van der Waals surface area contributed by atoms with Crippen LogP contribution >= 0.6 is 0 Å². The average Bonchev–Trinajstić information content (AvgIpc) is 2.50. The van der Waals surface area contributed by atoms with E-state index in [1.807, 2.05) is 6.07 Å².